The van der Waals surface area contributed by atoms with Crippen molar-refractivity contribution in [3.05, 3.63) is 240 Å². The Hall–Kier alpha value is -7.16. The summed E-state index contributed by atoms with van der Waals surface area (Å²) in [5.41, 5.74) is 15.1. The minimum Gasteiger partial charge on any atom is -0.311 e. The SMILES string of the molecule is Cc1ccc(N(c2ccccc2)c2ccc(/C=C/c3ccc(-c4ccc(/C=C/c5ccc(N(c6ccccc6)c6ccccc6)cc5)cc4)cc3)cc2)cc1. The number of para-hydroxylation sites is 3. The predicted molar refractivity (Wildman–Crippen MR) is 237 cm³/mol. The summed E-state index contributed by atoms with van der Waals surface area (Å²) in [6, 6.07) is 75.2. The fourth-order valence-corrected chi connectivity index (χ4v) is 6.75. The molecule has 0 fully saturated rings. The van der Waals surface area contributed by atoms with Crippen LogP contribution in [0.3, 0.4) is 0 Å². The zero-order valence-electron chi connectivity index (χ0n) is 30.9. The van der Waals surface area contributed by atoms with Crippen molar-refractivity contribution < 1.29 is 0 Å². The molecule has 8 aromatic carbocycles. The smallest absolute Gasteiger partial charge is 0.0462 e. The van der Waals surface area contributed by atoms with Gasteiger partial charge in [-0.1, -0.05) is 169 Å². The van der Waals surface area contributed by atoms with Gasteiger partial charge in [-0.3, -0.25) is 0 Å². The number of hydrogen-bond donors (Lipinski definition) is 0. The average Bonchev–Trinajstić information content (AvgIpc) is 3.25. The quantitative estimate of drug-likeness (QED) is 0.124. The molecule has 55 heavy (non-hydrogen) atoms. The van der Waals surface area contributed by atoms with Gasteiger partial charge in [-0.15, -0.1) is 0 Å². The van der Waals surface area contributed by atoms with E-state index >= 15 is 0 Å². The van der Waals surface area contributed by atoms with Crippen molar-refractivity contribution in [3.63, 3.8) is 0 Å². The summed E-state index contributed by atoms with van der Waals surface area (Å²) >= 11 is 0. The molecule has 0 amide bonds. The molecule has 0 radical (unpaired) electrons. The zero-order valence-corrected chi connectivity index (χ0v) is 30.9. The average molecular weight is 707 g/mol. The summed E-state index contributed by atoms with van der Waals surface area (Å²) < 4.78 is 0. The van der Waals surface area contributed by atoms with Gasteiger partial charge in [0.1, 0.15) is 0 Å². The van der Waals surface area contributed by atoms with Crippen molar-refractivity contribution in [3.8, 4) is 11.1 Å². The molecule has 0 saturated carbocycles. The highest BCUT2D eigenvalue weighted by atomic mass is 15.1. The molecule has 264 valence electrons. The number of rotatable bonds is 11. The van der Waals surface area contributed by atoms with Gasteiger partial charge in [-0.05, 0) is 113 Å². The van der Waals surface area contributed by atoms with Gasteiger partial charge in [0.2, 0.25) is 0 Å². The van der Waals surface area contributed by atoms with E-state index in [1.54, 1.807) is 0 Å². The highest BCUT2D eigenvalue weighted by molar-refractivity contribution is 5.80. The summed E-state index contributed by atoms with van der Waals surface area (Å²) in [5, 5.41) is 0. The van der Waals surface area contributed by atoms with E-state index in [0.717, 1.165) is 45.3 Å². The first kappa shape index (κ1) is 34.9. The molecule has 0 saturated heterocycles. The number of aryl methyl sites for hydroxylation is 1. The number of nitrogens with zero attached hydrogens (tertiary/aromatic N) is 2. The van der Waals surface area contributed by atoms with Crippen molar-refractivity contribution in [2.45, 2.75) is 6.92 Å². The summed E-state index contributed by atoms with van der Waals surface area (Å²) in [5.74, 6) is 0. The van der Waals surface area contributed by atoms with Gasteiger partial charge >= 0.3 is 0 Å². The highest BCUT2D eigenvalue weighted by Crippen LogP contribution is 2.36. The van der Waals surface area contributed by atoms with E-state index in [4.69, 9.17) is 0 Å². The second-order valence-corrected chi connectivity index (χ2v) is 13.6. The number of benzene rings is 8. The van der Waals surface area contributed by atoms with Gasteiger partial charge in [0, 0.05) is 34.1 Å². The summed E-state index contributed by atoms with van der Waals surface area (Å²) in [6.45, 7) is 2.12. The fraction of sp³-hybridized carbons (Fsp3) is 0.0189. The van der Waals surface area contributed by atoms with Crippen LogP contribution in [0.4, 0.5) is 34.1 Å². The van der Waals surface area contributed by atoms with Crippen LogP contribution in [0.15, 0.2) is 212 Å². The van der Waals surface area contributed by atoms with Crippen LogP contribution in [0, 0.1) is 6.92 Å². The highest BCUT2D eigenvalue weighted by Gasteiger charge is 2.13. The van der Waals surface area contributed by atoms with Crippen LogP contribution in [0.25, 0.3) is 35.4 Å². The monoisotopic (exact) mass is 706 g/mol. The Morgan fingerprint density at radius 2 is 0.491 bits per heavy atom. The first-order chi connectivity index (χ1) is 27.2. The molecule has 0 aliphatic rings. The molecule has 0 bridgehead atoms. The second kappa shape index (κ2) is 16.7. The van der Waals surface area contributed by atoms with Crippen LogP contribution in [0.1, 0.15) is 27.8 Å². The Kier molecular flexibility index (Phi) is 10.6. The number of anilines is 6. The summed E-state index contributed by atoms with van der Waals surface area (Å²) in [4.78, 5) is 4.57. The molecular formula is C53H42N2. The molecule has 8 aromatic rings. The fourth-order valence-electron chi connectivity index (χ4n) is 6.75. The summed E-state index contributed by atoms with van der Waals surface area (Å²) in [6.07, 6.45) is 8.70. The third-order valence-electron chi connectivity index (χ3n) is 9.73. The largest absolute Gasteiger partial charge is 0.311 e. The molecule has 8 rings (SSSR count). The van der Waals surface area contributed by atoms with E-state index in [-0.39, 0.29) is 0 Å². The Bertz CT molecular complexity index is 2430. The first-order valence-corrected chi connectivity index (χ1v) is 18.8. The van der Waals surface area contributed by atoms with Gasteiger partial charge in [0.05, 0.1) is 0 Å². The van der Waals surface area contributed by atoms with Gasteiger partial charge in [-0.25, -0.2) is 0 Å². The molecule has 2 heteroatoms. The topological polar surface area (TPSA) is 6.48 Å². The Balaban J connectivity index is 0.905. The van der Waals surface area contributed by atoms with E-state index in [2.05, 4.69) is 253 Å². The first-order valence-electron chi connectivity index (χ1n) is 18.8. The van der Waals surface area contributed by atoms with E-state index in [1.807, 2.05) is 0 Å². The van der Waals surface area contributed by atoms with E-state index < -0.39 is 0 Å². The maximum Gasteiger partial charge on any atom is 0.0462 e. The van der Waals surface area contributed by atoms with Crippen LogP contribution in [-0.2, 0) is 0 Å². The normalized spacial score (nSPS) is 11.2. The molecule has 0 unspecified atom stereocenters. The second-order valence-electron chi connectivity index (χ2n) is 13.6. The van der Waals surface area contributed by atoms with Gasteiger partial charge in [0.25, 0.3) is 0 Å². The van der Waals surface area contributed by atoms with E-state index in [9.17, 15) is 0 Å². The lowest BCUT2D eigenvalue weighted by atomic mass is 10.0. The molecule has 0 spiro atoms. The third-order valence-corrected chi connectivity index (χ3v) is 9.73. The van der Waals surface area contributed by atoms with Gasteiger partial charge in [-0.2, -0.15) is 0 Å². The molecule has 0 heterocycles. The molecule has 0 atom stereocenters. The molecule has 0 aliphatic heterocycles. The lowest BCUT2D eigenvalue weighted by Crippen LogP contribution is -2.09. The lowest BCUT2D eigenvalue weighted by molar-refractivity contribution is 1.27. The maximum atomic E-state index is 2.29. The molecular weight excluding hydrogens is 665 g/mol. The molecule has 2 nitrogen and oxygen atoms in total. The van der Waals surface area contributed by atoms with Crippen LogP contribution < -0.4 is 9.80 Å². The van der Waals surface area contributed by atoms with Crippen molar-refractivity contribution >= 4 is 58.4 Å². The van der Waals surface area contributed by atoms with Crippen molar-refractivity contribution in [2.75, 3.05) is 9.80 Å². The molecule has 0 N–H and O–H groups in total. The molecule has 0 aliphatic carbocycles. The van der Waals surface area contributed by atoms with Gasteiger partial charge in [0.15, 0.2) is 0 Å². The zero-order chi connectivity index (χ0) is 37.2. The Morgan fingerprint density at radius 1 is 0.255 bits per heavy atom. The van der Waals surface area contributed by atoms with Crippen molar-refractivity contribution in [1.29, 1.82) is 0 Å². The number of hydrogen-bond acceptors (Lipinski definition) is 2. The predicted octanol–water partition coefficient (Wildman–Crippen LogP) is 14.9. The third kappa shape index (κ3) is 8.57. The standard InChI is InChI=1S/C53H42N2/c1-41-17-35-51(36-18-41)55(50-15-9-4-10-16-50)53-39-29-45(30-40-53)22-20-43-25-33-47(34-26-43)46-31-23-42(24-32-46)19-21-44-27-37-52(38-28-44)54(48-11-5-2-6-12-48)49-13-7-3-8-14-49/h2-40H,1H3/b21-19+,22-20+. The summed E-state index contributed by atoms with van der Waals surface area (Å²) in [7, 11) is 0. The lowest BCUT2D eigenvalue weighted by Gasteiger charge is -2.25. The van der Waals surface area contributed by atoms with Crippen LogP contribution in [-0.4, -0.2) is 0 Å². The Morgan fingerprint density at radius 3 is 0.782 bits per heavy atom. The van der Waals surface area contributed by atoms with Crippen LogP contribution in [0.2, 0.25) is 0 Å². The van der Waals surface area contributed by atoms with Crippen molar-refractivity contribution in [1.82, 2.24) is 0 Å². The van der Waals surface area contributed by atoms with Crippen molar-refractivity contribution in [2.24, 2.45) is 0 Å². The van der Waals surface area contributed by atoms with E-state index in [0.29, 0.717) is 0 Å². The van der Waals surface area contributed by atoms with Crippen LogP contribution in [0.5, 0.6) is 0 Å². The minimum absolute atomic E-state index is 1.12. The molecule has 0 aromatic heterocycles. The van der Waals surface area contributed by atoms with Crippen LogP contribution >= 0.6 is 0 Å². The minimum atomic E-state index is 1.12. The van der Waals surface area contributed by atoms with Gasteiger partial charge < -0.3 is 9.80 Å². The Labute approximate surface area is 325 Å². The maximum absolute atomic E-state index is 2.29. The van der Waals surface area contributed by atoms with E-state index in [1.165, 1.54) is 27.8 Å².